The topological polar surface area (TPSA) is 20.3 Å². The second kappa shape index (κ2) is 15.0. The molecule has 0 aromatic heterocycles. The van der Waals surface area contributed by atoms with Crippen LogP contribution in [0.3, 0.4) is 0 Å². The zero-order chi connectivity index (χ0) is 18.2. The minimum Gasteiger partial charge on any atom is -0.343 e. The van der Waals surface area contributed by atoms with Gasteiger partial charge in [0.25, 0.3) is 0 Å². The number of amides is 1. The van der Waals surface area contributed by atoms with Gasteiger partial charge in [0.15, 0.2) is 0 Å². The summed E-state index contributed by atoms with van der Waals surface area (Å²) in [7, 11) is 0. The van der Waals surface area contributed by atoms with Crippen LogP contribution in [0.5, 0.6) is 0 Å². The minimum atomic E-state index is 0.308. The van der Waals surface area contributed by atoms with E-state index in [0.29, 0.717) is 12.3 Å². The molecule has 0 aliphatic rings. The van der Waals surface area contributed by atoms with Crippen LogP contribution in [0.15, 0.2) is 30.3 Å². The molecule has 1 amide bonds. The third-order valence-electron chi connectivity index (χ3n) is 4.99. The molecule has 25 heavy (non-hydrogen) atoms. The maximum Gasteiger partial charge on any atom is 0.222 e. The Labute approximate surface area is 156 Å². The number of hydrogen-bond acceptors (Lipinski definition) is 1. The molecule has 0 saturated heterocycles. The number of unbranched alkanes of at least 4 members (excludes halogenated alkanes) is 9. The molecule has 1 aromatic carbocycles. The van der Waals surface area contributed by atoms with Gasteiger partial charge in [-0.25, -0.2) is 0 Å². The maximum atomic E-state index is 12.4. The molecule has 0 heterocycles. The summed E-state index contributed by atoms with van der Waals surface area (Å²) in [6.07, 6.45) is 14.9. The van der Waals surface area contributed by atoms with Gasteiger partial charge < -0.3 is 4.90 Å². The summed E-state index contributed by atoms with van der Waals surface area (Å²) in [5.41, 5.74) is 1.26. The fourth-order valence-electron chi connectivity index (χ4n) is 3.30. The predicted octanol–water partition coefficient (Wildman–Crippen LogP) is 6.39. The monoisotopic (exact) mass is 345 g/mol. The number of aryl methyl sites for hydroxylation is 1. The number of rotatable bonds is 15. The molecule has 0 unspecified atom stereocenters. The van der Waals surface area contributed by atoms with E-state index < -0.39 is 0 Å². The fraction of sp³-hybridized carbons (Fsp3) is 0.696. The first-order valence-electron chi connectivity index (χ1n) is 10.6. The highest BCUT2D eigenvalue weighted by Crippen LogP contribution is 2.11. The van der Waals surface area contributed by atoms with E-state index >= 15 is 0 Å². The molecular formula is C23H39NO. The highest BCUT2D eigenvalue weighted by atomic mass is 16.2. The van der Waals surface area contributed by atoms with Gasteiger partial charge in [0.1, 0.15) is 0 Å². The van der Waals surface area contributed by atoms with Crippen molar-refractivity contribution >= 4 is 5.91 Å². The summed E-state index contributed by atoms with van der Waals surface area (Å²) in [4.78, 5) is 14.4. The largest absolute Gasteiger partial charge is 0.343 e. The van der Waals surface area contributed by atoms with Gasteiger partial charge in [-0.05, 0) is 25.3 Å². The van der Waals surface area contributed by atoms with Crippen molar-refractivity contribution in [3.63, 3.8) is 0 Å². The van der Waals surface area contributed by atoms with Gasteiger partial charge in [-0.3, -0.25) is 4.79 Å². The zero-order valence-electron chi connectivity index (χ0n) is 16.6. The van der Waals surface area contributed by atoms with Crippen LogP contribution in [-0.2, 0) is 11.2 Å². The summed E-state index contributed by atoms with van der Waals surface area (Å²) in [6.45, 7) is 6.13. The van der Waals surface area contributed by atoms with E-state index in [4.69, 9.17) is 0 Å². The van der Waals surface area contributed by atoms with E-state index in [-0.39, 0.29) is 0 Å². The van der Waals surface area contributed by atoms with Gasteiger partial charge >= 0.3 is 0 Å². The highest BCUT2D eigenvalue weighted by Gasteiger charge is 2.10. The zero-order valence-corrected chi connectivity index (χ0v) is 16.6. The number of hydrogen-bond donors (Lipinski definition) is 0. The quantitative estimate of drug-likeness (QED) is 0.337. The Morgan fingerprint density at radius 3 is 1.92 bits per heavy atom. The van der Waals surface area contributed by atoms with Crippen LogP contribution in [-0.4, -0.2) is 23.9 Å². The lowest BCUT2D eigenvalue weighted by Gasteiger charge is -2.21. The second-order valence-electron chi connectivity index (χ2n) is 7.14. The molecule has 2 nitrogen and oxygen atoms in total. The van der Waals surface area contributed by atoms with Gasteiger partial charge in [0, 0.05) is 19.5 Å². The van der Waals surface area contributed by atoms with Crippen molar-refractivity contribution in [3.8, 4) is 0 Å². The van der Waals surface area contributed by atoms with Crippen molar-refractivity contribution in [1.82, 2.24) is 4.90 Å². The lowest BCUT2D eigenvalue weighted by molar-refractivity contribution is -0.131. The Bertz CT molecular complexity index is 429. The first kappa shape index (κ1) is 21.7. The minimum absolute atomic E-state index is 0.308. The lowest BCUT2D eigenvalue weighted by atomic mass is 10.1. The van der Waals surface area contributed by atoms with E-state index in [9.17, 15) is 4.79 Å². The van der Waals surface area contributed by atoms with Gasteiger partial charge in [0.05, 0.1) is 0 Å². The summed E-state index contributed by atoms with van der Waals surface area (Å²) in [5, 5.41) is 0. The number of benzene rings is 1. The van der Waals surface area contributed by atoms with Crippen molar-refractivity contribution in [2.75, 3.05) is 13.1 Å². The Kier molecular flexibility index (Phi) is 13.0. The van der Waals surface area contributed by atoms with Crippen LogP contribution in [0, 0.1) is 0 Å². The van der Waals surface area contributed by atoms with Gasteiger partial charge in [-0.1, -0.05) is 95.0 Å². The number of nitrogens with zero attached hydrogens (tertiary/aromatic N) is 1. The average molecular weight is 346 g/mol. The summed E-state index contributed by atoms with van der Waals surface area (Å²) in [6, 6.07) is 10.3. The molecule has 0 saturated carbocycles. The Morgan fingerprint density at radius 1 is 0.800 bits per heavy atom. The van der Waals surface area contributed by atoms with E-state index in [1.807, 2.05) is 23.1 Å². The van der Waals surface area contributed by atoms with Crippen LogP contribution >= 0.6 is 0 Å². The van der Waals surface area contributed by atoms with E-state index in [1.165, 1.54) is 63.4 Å². The average Bonchev–Trinajstić information content (AvgIpc) is 2.65. The molecule has 142 valence electrons. The van der Waals surface area contributed by atoms with E-state index in [1.54, 1.807) is 0 Å². The molecular weight excluding hydrogens is 306 g/mol. The van der Waals surface area contributed by atoms with Crippen molar-refractivity contribution in [3.05, 3.63) is 35.9 Å². The molecule has 1 rings (SSSR count). The molecule has 0 spiro atoms. The summed E-state index contributed by atoms with van der Waals surface area (Å²) < 4.78 is 0. The van der Waals surface area contributed by atoms with Crippen molar-refractivity contribution in [1.29, 1.82) is 0 Å². The van der Waals surface area contributed by atoms with Crippen LogP contribution in [0.4, 0.5) is 0 Å². The van der Waals surface area contributed by atoms with E-state index in [2.05, 4.69) is 26.0 Å². The fourth-order valence-corrected chi connectivity index (χ4v) is 3.30. The van der Waals surface area contributed by atoms with Gasteiger partial charge in [-0.15, -0.1) is 0 Å². The molecule has 0 aliphatic carbocycles. The highest BCUT2D eigenvalue weighted by molar-refractivity contribution is 5.76. The number of carbonyl (C=O) groups is 1. The lowest BCUT2D eigenvalue weighted by Crippen LogP contribution is -2.31. The molecule has 0 aliphatic heterocycles. The number of carbonyl (C=O) groups excluding carboxylic acids is 1. The van der Waals surface area contributed by atoms with Crippen LogP contribution in [0.1, 0.15) is 90.0 Å². The summed E-state index contributed by atoms with van der Waals surface area (Å²) in [5.74, 6) is 0.308. The molecule has 1 aromatic rings. The molecule has 0 fully saturated rings. The van der Waals surface area contributed by atoms with Crippen molar-refractivity contribution < 1.29 is 4.79 Å². The molecule has 0 bridgehead atoms. The Morgan fingerprint density at radius 2 is 1.36 bits per heavy atom. The van der Waals surface area contributed by atoms with Gasteiger partial charge in [0.2, 0.25) is 5.91 Å². The first-order chi connectivity index (χ1) is 12.3. The van der Waals surface area contributed by atoms with Crippen molar-refractivity contribution in [2.45, 2.75) is 90.9 Å². The van der Waals surface area contributed by atoms with Gasteiger partial charge in [-0.2, -0.15) is 0 Å². The van der Waals surface area contributed by atoms with Crippen LogP contribution in [0.25, 0.3) is 0 Å². The third-order valence-corrected chi connectivity index (χ3v) is 4.99. The summed E-state index contributed by atoms with van der Waals surface area (Å²) >= 11 is 0. The smallest absolute Gasteiger partial charge is 0.222 e. The normalized spacial score (nSPS) is 10.8. The second-order valence-corrected chi connectivity index (χ2v) is 7.14. The third kappa shape index (κ3) is 11.0. The molecule has 0 radical (unpaired) electrons. The molecule has 0 atom stereocenters. The molecule has 0 N–H and O–H groups in total. The van der Waals surface area contributed by atoms with E-state index in [0.717, 1.165) is 25.9 Å². The predicted molar refractivity (Wildman–Crippen MR) is 109 cm³/mol. The SMILES string of the molecule is CCCCCCCCCCCCN(CC)C(=O)CCc1ccccc1. The van der Waals surface area contributed by atoms with Crippen LogP contribution < -0.4 is 0 Å². The maximum absolute atomic E-state index is 12.4. The molecule has 2 heteroatoms. The first-order valence-corrected chi connectivity index (χ1v) is 10.6. The van der Waals surface area contributed by atoms with Crippen LogP contribution in [0.2, 0.25) is 0 Å². The Balaban J connectivity index is 2.04. The Hall–Kier alpha value is -1.31. The standard InChI is InChI=1S/C23H39NO/c1-3-5-6-7-8-9-10-11-12-16-21-24(4-2)23(25)20-19-22-17-14-13-15-18-22/h13-15,17-18H,3-12,16,19-21H2,1-2H3. The van der Waals surface area contributed by atoms with Crippen molar-refractivity contribution in [2.24, 2.45) is 0 Å².